The summed E-state index contributed by atoms with van der Waals surface area (Å²) in [5, 5.41) is 0. The largest absolute Gasteiger partial charge is 0.342 e. The zero-order valence-electron chi connectivity index (χ0n) is 12.4. The van der Waals surface area contributed by atoms with E-state index in [4.69, 9.17) is 4.99 Å². The lowest BCUT2D eigenvalue weighted by Gasteiger charge is -2.29. The Morgan fingerprint density at radius 1 is 0.905 bits per heavy atom. The maximum Gasteiger partial charge on any atom is 0.206 e. The first kappa shape index (κ1) is 13.7. The Bertz CT molecular complexity index is 586. The van der Waals surface area contributed by atoms with Gasteiger partial charge in [0.25, 0.3) is 0 Å². The molecule has 0 aliphatic carbocycles. The molecule has 3 rings (SSSR count). The van der Waals surface area contributed by atoms with Crippen LogP contribution >= 0.6 is 0 Å². The molecule has 0 unspecified atom stereocenters. The number of likely N-dealkylation sites (tertiary alicyclic amines) is 1. The molecular formula is C18H21N3. The molecule has 0 bridgehead atoms. The molecule has 2 aromatic carbocycles. The average Bonchev–Trinajstić information content (AvgIpc) is 3.08. The van der Waals surface area contributed by atoms with Gasteiger partial charge in [-0.15, -0.1) is 0 Å². The topological polar surface area (TPSA) is 18.8 Å². The second-order valence-electron chi connectivity index (χ2n) is 5.34. The van der Waals surface area contributed by atoms with Gasteiger partial charge in [0.15, 0.2) is 0 Å². The van der Waals surface area contributed by atoms with Gasteiger partial charge in [0, 0.05) is 25.8 Å². The molecule has 21 heavy (non-hydrogen) atoms. The normalized spacial score (nSPS) is 15.3. The van der Waals surface area contributed by atoms with Crippen molar-refractivity contribution in [1.29, 1.82) is 0 Å². The van der Waals surface area contributed by atoms with Crippen molar-refractivity contribution in [2.24, 2.45) is 4.99 Å². The highest BCUT2D eigenvalue weighted by molar-refractivity contribution is 5.97. The van der Waals surface area contributed by atoms with Gasteiger partial charge in [0.05, 0.1) is 5.69 Å². The van der Waals surface area contributed by atoms with Crippen LogP contribution in [0.2, 0.25) is 0 Å². The molecule has 0 N–H and O–H groups in total. The van der Waals surface area contributed by atoms with E-state index in [2.05, 4.69) is 53.2 Å². The minimum absolute atomic E-state index is 1.00. The number of hydrogen-bond donors (Lipinski definition) is 0. The quantitative estimate of drug-likeness (QED) is 0.613. The van der Waals surface area contributed by atoms with Crippen LogP contribution in [0, 0.1) is 0 Å². The molecule has 1 fully saturated rings. The molecule has 0 spiro atoms. The van der Waals surface area contributed by atoms with E-state index in [1.54, 1.807) is 0 Å². The lowest BCUT2D eigenvalue weighted by Crippen LogP contribution is -2.40. The van der Waals surface area contributed by atoms with Crippen LogP contribution in [-0.4, -0.2) is 31.0 Å². The van der Waals surface area contributed by atoms with Crippen LogP contribution in [0.1, 0.15) is 12.8 Å². The molecule has 0 atom stereocenters. The van der Waals surface area contributed by atoms with Gasteiger partial charge in [-0.1, -0.05) is 36.4 Å². The Balaban J connectivity index is 1.94. The van der Waals surface area contributed by atoms with Gasteiger partial charge in [-0.3, -0.25) is 0 Å². The fraction of sp³-hybridized carbons (Fsp3) is 0.278. The second kappa shape index (κ2) is 6.44. The third-order valence-corrected chi connectivity index (χ3v) is 3.82. The summed E-state index contributed by atoms with van der Waals surface area (Å²) in [6.45, 7) is 2.17. The molecule has 0 radical (unpaired) electrons. The third kappa shape index (κ3) is 3.24. The molecule has 1 saturated heterocycles. The Morgan fingerprint density at radius 2 is 1.48 bits per heavy atom. The van der Waals surface area contributed by atoms with Crippen molar-refractivity contribution in [3.8, 4) is 0 Å². The first-order chi connectivity index (χ1) is 10.3. The second-order valence-corrected chi connectivity index (χ2v) is 5.34. The van der Waals surface area contributed by atoms with E-state index in [-0.39, 0.29) is 0 Å². The van der Waals surface area contributed by atoms with Crippen LogP contribution in [0.25, 0.3) is 0 Å². The number of anilines is 1. The van der Waals surface area contributed by atoms with Crippen LogP contribution in [0.5, 0.6) is 0 Å². The van der Waals surface area contributed by atoms with Crippen LogP contribution < -0.4 is 4.90 Å². The predicted octanol–water partition coefficient (Wildman–Crippen LogP) is 3.91. The Morgan fingerprint density at radius 3 is 2.10 bits per heavy atom. The lowest BCUT2D eigenvalue weighted by atomic mass is 10.3. The van der Waals surface area contributed by atoms with Gasteiger partial charge in [0.1, 0.15) is 0 Å². The van der Waals surface area contributed by atoms with Crippen molar-refractivity contribution in [2.45, 2.75) is 12.8 Å². The Hall–Kier alpha value is -2.29. The standard InChI is InChI=1S/C18H21N3/c1-20(17-12-6-3-7-13-17)18(21-14-8-9-15-21)19-16-10-4-2-5-11-16/h2-7,10-13H,8-9,14-15H2,1H3. The predicted molar refractivity (Wildman–Crippen MR) is 89.2 cm³/mol. The van der Waals surface area contributed by atoms with E-state index in [1.165, 1.54) is 18.5 Å². The molecular weight excluding hydrogens is 258 g/mol. The number of para-hydroxylation sites is 2. The van der Waals surface area contributed by atoms with Gasteiger partial charge in [-0.05, 0) is 37.1 Å². The molecule has 1 aliphatic rings. The average molecular weight is 279 g/mol. The van der Waals surface area contributed by atoms with E-state index in [0.29, 0.717) is 0 Å². The zero-order chi connectivity index (χ0) is 14.5. The van der Waals surface area contributed by atoms with Crippen molar-refractivity contribution >= 4 is 17.3 Å². The summed E-state index contributed by atoms with van der Waals surface area (Å²) in [6, 6.07) is 20.6. The van der Waals surface area contributed by atoms with Crippen LogP contribution in [0.3, 0.4) is 0 Å². The van der Waals surface area contributed by atoms with Gasteiger partial charge >= 0.3 is 0 Å². The smallest absolute Gasteiger partial charge is 0.206 e. The van der Waals surface area contributed by atoms with E-state index in [9.17, 15) is 0 Å². The number of nitrogens with zero attached hydrogens (tertiary/aromatic N) is 3. The lowest BCUT2D eigenvalue weighted by molar-refractivity contribution is 0.510. The number of aliphatic imine (C=N–C) groups is 1. The van der Waals surface area contributed by atoms with Crippen molar-refractivity contribution in [2.75, 3.05) is 25.0 Å². The highest BCUT2D eigenvalue weighted by Gasteiger charge is 2.20. The van der Waals surface area contributed by atoms with E-state index < -0.39 is 0 Å². The van der Waals surface area contributed by atoms with Crippen LogP contribution in [0.4, 0.5) is 11.4 Å². The highest BCUT2D eigenvalue weighted by Crippen LogP contribution is 2.20. The first-order valence-electron chi connectivity index (χ1n) is 7.52. The monoisotopic (exact) mass is 279 g/mol. The summed E-state index contributed by atoms with van der Waals surface area (Å²) >= 11 is 0. The van der Waals surface area contributed by atoms with Gasteiger partial charge in [-0.25, -0.2) is 4.99 Å². The van der Waals surface area contributed by atoms with Crippen molar-refractivity contribution in [3.63, 3.8) is 0 Å². The molecule has 108 valence electrons. The zero-order valence-corrected chi connectivity index (χ0v) is 12.4. The SMILES string of the molecule is CN(C(=Nc1ccccc1)N1CCCC1)c1ccccc1. The van der Waals surface area contributed by atoms with E-state index in [0.717, 1.165) is 24.7 Å². The molecule has 0 saturated carbocycles. The fourth-order valence-electron chi connectivity index (χ4n) is 2.66. The maximum absolute atomic E-state index is 4.89. The molecule has 2 aromatic rings. The first-order valence-corrected chi connectivity index (χ1v) is 7.52. The number of hydrogen-bond acceptors (Lipinski definition) is 1. The summed E-state index contributed by atoms with van der Waals surface area (Å²) in [7, 11) is 2.09. The maximum atomic E-state index is 4.89. The van der Waals surface area contributed by atoms with Crippen LogP contribution in [0.15, 0.2) is 65.7 Å². The van der Waals surface area contributed by atoms with E-state index in [1.807, 2.05) is 24.3 Å². The molecule has 0 aromatic heterocycles. The summed E-state index contributed by atoms with van der Waals surface area (Å²) < 4.78 is 0. The van der Waals surface area contributed by atoms with Gasteiger partial charge < -0.3 is 9.80 Å². The Labute approximate surface area is 126 Å². The van der Waals surface area contributed by atoms with Crippen molar-refractivity contribution in [3.05, 3.63) is 60.7 Å². The molecule has 1 heterocycles. The Kier molecular flexibility index (Phi) is 4.20. The summed E-state index contributed by atoms with van der Waals surface area (Å²) in [5.74, 6) is 1.03. The molecule has 1 aliphatic heterocycles. The minimum Gasteiger partial charge on any atom is -0.342 e. The van der Waals surface area contributed by atoms with Gasteiger partial charge in [-0.2, -0.15) is 0 Å². The van der Waals surface area contributed by atoms with E-state index >= 15 is 0 Å². The molecule has 0 amide bonds. The summed E-state index contributed by atoms with van der Waals surface area (Å²) in [4.78, 5) is 9.44. The number of guanidine groups is 1. The molecule has 3 nitrogen and oxygen atoms in total. The summed E-state index contributed by atoms with van der Waals surface area (Å²) in [5.41, 5.74) is 2.17. The molecule has 3 heteroatoms. The van der Waals surface area contributed by atoms with Crippen molar-refractivity contribution < 1.29 is 0 Å². The summed E-state index contributed by atoms with van der Waals surface area (Å²) in [6.07, 6.45) is 2.49. The fourth-order valence-corrected chi connectivity index (χ4v) is 2.66. The van der Waals surface area contributed by atoms with Gasteiger partial charge in [0.2, 0.25) is 5.96 Å². The number of benzene rings is 2. The number of rotatable bonds is 2. The highest BCUT2D eigenvalue weighted by atomic mass is 15.4. The van der Waals surface area contributed by atoms with Crippen molar-refractivity contribution in [1.82, 2.24) is 4.90 Å². The third-order valence-electron chi connectivity index (χ3n) is 3.82. The van der Waals surface area contributed by atoms with Crippen LogP contribution in [-0.2, 0) is 0 Å². The minimum atomic E-state index is 1.00.